The molecule has 0 aromatic heterocycles. The summed E-state index contributed by atoms with van der Waals surface area (Å²) in [6.07, 6.45) is 0. The van der Waals surface area contributed by atoms with Gasteiger partial charge in [0.1, 0.15) is 50.8 Å². The number of quaternary nitrogens is 2. The average Bonchev–Trinajstić information content (AvgIpc) is 2.62. The zero-order chi connectivity index (χ0) is 17.8. The number of rotatable bonds is 5. The number of phenolic OH excluding ortho intramolecular Hbond substituents is 2. The summed E-state index contributed by atoms with van der Waals surface area (Å²) >= 11 is 0. The molecule has 0 saturated carbocycles. The molecule has 25 heavy (non-hydrogen) atoms. The first-order chi connectivity index (χ1) is 12.0. The number of hydrogen-bond acceptors (Lipinski definition) is 3. The molecule has 1 fully saturated rings. The van der Waals surface area contributed by atoms with Crippen molar-refractivity contribution in [1.29, 1.82) is 0 Å². The molecule has 0 atom stereocenters. The van der Waals surface area contributed by atoms with Gasteiger partial charge in [-0.1, -0.05) is 30.3 Å². The third-order valence-corrected chi connectivity index (χ3v) is 5.07. The van der Waals surface area contributed by atoms with Crippen LogP contribution in [-0.4, -0.2) is 48.7 Å². The molecule has 2 aromatic rings. The molecule has 0 unspecified atom stereocenters. The number of nitrogens with one attached hydrogen (secondary N) is 2. The van der Waals surface area contributed by atoms with Gasteiger partial charge in [-0.15, -0.1) is 0 Å². The summed E-state index contributed by atoms with van der Waals surface area (Å²) in [5, 5.41) is 19.7. The minimum atomic E-state index is -0.0993. The second kappa shape index (κ2) is 7.68. The third kappa shape index (κ3) is 4.18. The first kappa shape index (κ1) is 17.5. The van der Waals surface area contributed by atoms with E-state index in [0.29, 0.717) is 17.7 Å². The molecule has 2 aromatic carbocycles. The van der Waals surface area contributed by atoms with Crippen LogP contribution in [0.2, 0.25) is 0 Å². The van der Waals surface area contributed by atoms with Crippen molar-refractivity contribution in [2.45, 2.75) is 13.5 Å². The van der Waals surface area contributed by atoms with Crippen molar-refractivity contribution < 1.29 is 24.8 Å². The van der Waals surface area contributed by atoms with Crippen LogP contribution in [0, 0.1) is 6.92 Å². The second-order valence-electron chi connectivity index (χ2n) is 6.87. The number of aromatic hydroxyl groups is 2. The summed E-state index contributed by atoms with van der Waals surface area (Å²) in [5.41, 5.74) is 2.02. The number of hydrogen-bond donors (Lipinski definition) is 4. The number of carbonyl (C=O) groups excluding carboxylic acids is 1. The predicted molar refractivity (Wildman–Crippen MR) is 95.2 cm³/mol. The largest absolute Gasteiger partial charge is 0.508 e. The Bertz CT molecular complexity index is 738. The Kier molecular flexibility index (Phi) is 5.36. The predicted octanol–water partition coefficient (Wildman–Crippen LogP) is -0.427. The smallest absolute Gasteiger partial charge is 0.220 e. The Morgan fingerprint density at radius 3 is 2.28 bits per heavy atom. The van der Waals surface area contributed by atoms with E-state index in [1.807, 2.05) is 6.07 Å². The SMILES string of the molecule is Cc1c(O)ccc(C(=O)C[NH+]2CC[NH+](Cc3ccccc3)CC2)c1O. The zero-order valence-corrected chi connectivity index (χ0v) is 14.6. The van der Waals surface area contributed by atoms with Crippen LogP contribution < -0.4 is 9.80 Å². The number of benzene rings is 2. The monoisotopic (exact) mass is 342 g/mol. The molecule has 1 aliphatic heterocycles. The molecular formula is C20H26N2O3+2. The van der Waals surface area contributed by atoms with Crippen molar-refractivity contribution in [3.63, 3.8) is 0 Å². The lowest BCUT2D eigenvalue weighted by Gasteiger charge is -2.29. The highest BCUT2D eigenvalue weighted by molar-refractivity contribution is 5.99. The minimum absolute atomic E-state index is 0.0134. The van der Waals surface area contributed by atoms with Crippen LogP contribution in [0.5, 0.6) is 11.5 Å². The lowest BCUT2D eigenvalue weighted by atomic mass is 10.0. The zero-order valence-electron chi connectivity index (χ0n) is 14.6. The van der Waals surface area contributed by atoms with E-state index in [-0.39, 0.29) is 17.3 Å². The molecule has 4 N–H and O–H groups in total. The average molecular weight is 342 g/mol. The molecule has 1 heterocycles. The first-order valence-corrected chi connectivity index (χ1v) is 8.80. The number of piperazine rings is 1. The van der Waals surface area contributed by atoms with Gasteiger partial charge in [-0.3, -0.25) is 4.79 Å². The van der Waals surface area contributed by atoms with E-state index in [1.165, 1.54) is 22.6 Å². The Hall–Kier alpha value is -2.37. The standard InChI is InChI=1S/C20H24N2O3/c1-15-18(23)8-7-17(20(15)25)19(24)14-22-11-9-21(10-12-22)13-16-5-3-2-4-6-16/h2-8,23,25H,9-14H2,1H3/p+2. The van der Waals surface area contributed by atoms with E-state index in [0.717, 1.165) is 32.7 Å². The molecular weight excluding hydrogens is 316 g/mol. The summed E-state index contributed by atoms with van der Waals surface area (Å²) < 4.78 is 0. The van der Waals surface area contributed by atoms with Gasteiger partial charge in [0.25, 0.3) is 0 Å². The number of Topliss-reactive ketones (excluding diaryl/α,β-unsaturated/α-hetero) is 1. The van der Waals surface area contributed by atoms with Gasteiger partial charge in [-0.25, -0.2) is 0 Å². The normalized spacial score (nSPS) is 20.4. The molecule has 0 aliphatic carbocycles. The Morgan fingerprint density at radius 2 is 1.60 bits per heavy atom. The van der Waals surface area contributed by atoms with Crippen LogP contribution in [0.3, 0.4) is 0 Å². The van der Waals surface area contributed by atoms with E-state index in [4.69, 9.17) is 0 Å². The Labute approximate surface area is 148 Å². The third-order valence-electron chi connectivity index (χ3n) is 5.07. The Morgan fingerprint density at radius 1 is 0.960 bits per heavy atom. The van der Waals surface area contributed by atoms with Gasteiger partial charge in [0.05, 0.1) is 5.56 Å². The van der Waals surface area contributed by atoms with Gasteiger partial charge >= 0.3 is 0 Å². The highest BCUT2D eigenvalue weighted by Crippen LogP contribution is 2.29. The number of ketones is 1. The highest BCUT2D eigenvalue weighted by Gasteiger charge is 2.26. The van der Waals surface area contributed by atoms with Gasteiger partial charge in [-0.05, 0) is 19.1 Å². The van der Waals surface area contributed by atoms with Gasteiger partial charge in [-0.2, -0.15) is 0 Å². The fraction of sp³-hybridized carbons (Fsp3) is 0.350. The lowest BCUT2D eigenvalue weighted by Crippen LogP contribution is -3.27. The topological polar surface area (TPSA) is 66.4 Å². The summed E-state index contributed by atoms with van der Waals surface area (Å²) in [4.78, 5) is 15.3. The first-order valence-electron chi connectivity index (χ1n) is 8.80. The second-order valence-corrected chi connectivity index (χ2v) is 6.87. The lowest BCUT2D eigenvalue weighted by molar-refractivity contribution is -1.01. The molecule has 5 heteroatoms. The maximum absolute atomic E-state index is 12.5. The maximum Gasteiger partial charge on any atom is 0.220 e. The van der Waals surface area contributed by atoms with E-state index in [2.05, 4.69) is 24.3 Å². The molecule has 3 rings (SSSR count). The molecule has 0 bridgehead atoms. The van der Waals surface area contributed by atoms with Crippen molar-refractivity contribution in [1.82, 2.24) is 0 Å². The van der Waals surface area contributed by atoms with Crippen LogP contribution in [0.25, 0.3) is 0 Å². The summed E-state index contributed by atoms with van der Waals surface area (Å²) in [7, 11) is 0. The van der Waals surface area contributed by atoms with Gasteiger partial charge in [0, 0.05) is 11.1 Å². The molecule has 1 saturated heterocycles. The summed E-state index contributed by atoms with van der Waals surface area (Å²) in [6.45, 7) is 7.00. The van der Waals surface area contributed by atoms with Crippen molar-refractivity contribution in [3.05, 3.63) is 59.2 Å². The minimum Gasteiger partial charge on any atom is -0.508 e. The maximum atomic E-state index is 12.5. The molecule has 132 valence electrons. The van der Waals surface area contributed by atoms with Crippen LogP contribution in [-0.2, 0) is 6.54 Å². The van der Waals surface area contributed by atoms with E-state index in [1.54, 1.807) is 11.8 Å². The molecule has 1 aliphatic rings. The highest BCUT2D eigenvalue weighted by atomic mass is 16.3. The van der Waals surface area contributed by atoms with Crippen LogP contribution in [0.1, 0.15) is 21.5 Å². The van der Waals surface area contributed by atoms with Crippen LogP contribution >= 0.6 is 0 Å². The van der Waals surface area contributed by atoms with Crippen molar-refractivity contribution in [2.75, 3.05) is 32.7 Å². The summed E-state index contributed by atoms with van der Waals surface area (Å²) in [5.74, 6) is -0.153. The van der Waals surface area contributed by atoms with Crippen molar-refractivity contribution >= 4 is 5.78 Å². The van der Waals surface area contributed by atoms with E-state index >= 15 is 0 Å². The fourth-order valence-electron chi connectivity index (χ4n) is 3.43. The fourth-order valence-corrected chi connectivity index (χ4v) is 3.43. The molecule has 0 amide bonds. The molecule has 5 nitrogen and oxygen atoms in total. The van der Waals surface area contributed by atoms with Crippen molar-refractivity contribution in [2.24, 2.45) is 0 Å². The van der Waals surface area contributed by atoms with Gasteiger partial charge in [0.15, 0.2) is 0 Å². The van der Waals surface area contributed by atoms with E-state index in [9.17, 15) is 15.0 Å². The molecule has 0 spiro atoms. The number of phenols is 2. The molecule has 0 radical (unpaired) electrons. The van der Waals surface area contributed by atoms with E-state index < -0.39 is 0 Å². The summed E-state index contributed by atoms with van der Waals surface area (Å²) in [6, 6.07) is 13.5. The quantitative estimate of drug-likeness (QED) is 0.558. The van der Waals surface area contributed by atoms with Gasteiger partial charge in [0.2, 0.25) is 5.78 Å². The van der Waals surface area contributed by atoms with Crippen molar-refractivity contribution in [3.8, 4) is 11.5 Å². The van der Waals surface area contributed by atoms with Crippen LogP contribution in [0.4, 0.5) is 0 Å². The Balaban J connectivity index is 1.54. The van der Waals surface area contributed by atoms with Gasteiger partial charge < -0.3 is 20.0 Å². The van der Waals surface area contributed by atoms with Crippen LogP contribution in [0.15, 0.2) is 42.5 Å². The number of carbonyl (C=O) groups is 1.